The van der Waals surface area contributed by atoms with Crippen LogP contribution >= 0.6 is 0 Å². The molecule has 2 rings (SSSR count). The Morgan fingerprint density at radius 2 is 2.17 bits per heavy atom. The normalized spacial score (nSPS) is 10.3. The molecule has 0 fully saturated rings. The molecule has 0 amide bonds. The molecule has 1 aromatic carbocycles. The maximum absolute atomic E-state index is 8.82. The van der Waals surface area contributed by atoms with Gasteiger partial charge in [-0.3, -0.25) is 4.68 Å². The second kappa shape index (κ2) is 5.48. The third-order valence-corrected chi connectivity index (χ3v) is 2.79. The molecule has 0 aliphatic rings. The van der Waals surface area contributed by atoms with E-state index in [0.29, 0.717) is 5.56 Å². The SMILES string of the molecule is Cc1cc(CNCc2cccc(C#N)c2)n(C)n1. The largest absolute Gasteiger partial charge is 0.307 e. The van der Waals surface area contributed by atoms with Gasteiger partial charge < -0.3 is 5.32 Å². The molecular formula is C14H16N4. The number of hydrogen-bond donors (Lipinski definition) is 1. The first kappa shape index (κ1) is 12.3. The summed E-state index contributed by atoms with van der Waals surface area (Å²) >= 11 is 0. The number of rotatable bonds is 4. The fraction of sp³-hybridized carbons (Fsp3) is 0.286. The zero-order chi connectivity index (χ0) is 13.0. The van der Waals surface area contributed by atoms with Crippen molar-refractivity contribution in [1.29, 1.82) is 5.26 Å². The number of aryl methyl sites for hydroxylation is 2. The summed E-state index contributed by atoms with van der Waals surface area (Å²) in [5.41, 5.74) is 4.00. The molecule has 92 valence electrons. The molecule has 0 bridgehead atoms. The van der Waals surface area contributed by atoms with Crippen LogP contribution in [0.2, 0.25) is 0 Å². The van der Waals surface area contributed by atoms with Gasteiger partial charge in [-0.1, -0.05) is 12.1 Å². The first-order valence-electron chi connectivity index (χ1n) is 5.88. The number of aromatic nitrogens is 2. The Bertz CT molecular complexity index is 578. The molecule has 1 aromatic heterocycles. The van der Waals surface area contributed by atoms with Gasteiger partial charge in [-0.2, -0.15) is 10.4 Å². The Hall–Kier alpha value is -2.12. The van der Waals surface area contributed by atoms with Crippen molar-refractivity contribution in [2.24, 2.45) is 7.05 Å². The van der Waals surface area contributed by atoms with Crippen LogP contribution in [0.4, 0.5) is 0 Å². The molecule has 0 aliphatic heterocycles. The fourth-order valence-electron chi connectivity index (χ4n) is 1.92. The van der Waals surface area contributed by atoms with Crippen LogP contribution in [0.1, 0.15) is 22.5 Å². The van der Waals surface area contributed by atoms with E-state index in [2.05, 4.69) is 22.6 Å². The summed E-state index contributed by atoms with van der Waals surface area (Å²) < 4.78 is 1.88. The molecule has 0 unspecified atom stereocenters. The molecule has 1 N–H and O–H groups in total. The van der Waals surface area contributed by atoms with Crippen LogP contribution in [0.15, 0.2) is 30.3 Å². The van der Waals surface area contributed by atoms with Gasteiger partial charge in [0.05, 0.1) is 23.0 Å². The lowest BCUT2D eigenvalue weighted by Crippen LogP contribution is -2.15. The van der Waals surface area contributed by atoms with Crippen LogP contribution in [-0.4, -0.2) is 9.78 Å². The Morgan fingerprint density at radius 1 is 1.33 bits per heavy atom. The molecule has 0 atom stereocenters. The van der Waals surface area contributed by atoms with Gasteiger partial charge in [0, 0.05) is 20.1 Å². The number of nitrogens with zero attached hydrogens (tertiary/aromatic N) is 3. The smallest absolute Gasteiger partial charge is 0.0991 e. The highest BCUT2D eigenvalue weighted by Gasteiger charge is 2.01. The maximum atomic E-state index is 8.82. The summed E-state index contributed by atoms with van der Waals surface area (Å²) in [6.45, 7) is 3.51. The van der Waals surface area contributed by atoms with Crippen molar-refractivity contribution >= 4 is 0 Å². The lowest BCUT2D eigenvalue weighted by atomic mass is 10.1. The highest BCUT2D eigenvalue weighted by atomic mass is 15.3. The van der Waals surface area contributed by atoms with Gasteiger partial charge in [-0.05, 0) is 30.7 Å². The van der Waals surface area contributed by atoms with Crippen molar-refractivity contribution in [3.05, 3.63) is 52.8 Å². The van der Waals surface area contributed by atoms with Crippen LogP contribution in [-0.2, 0) is 20.1 Å². The molecule has 0 saturated carbocycles. The molecule has 4 heteroatoms. The van der Waals surface area contributed by atoms with Gasteiger partial charge in [0.2, 0.25) is 0 Å². The van der Waals surface area contributed by atoms with Crippen LogP contribution in [0, 0.1) is 18.3 Å². The predicted molar refractivity (Wildman–Crippen MR) is 69.6 cm³/mol. The zero-order valence-corrected chi connectivity index (χ0v) is 10.6. The second-order valence-electron chi connectivity index (χ2n) is 4.32. The Morgan fingerprint density at radius 3 is 2.83 bits per heavy atom. The lowest BCUT2D eigenvalue weighted by Gasteiger charge is -2.05. The van der Waals surface area contributed by atoms with E-state index in [1.807, 2.05) is 42.9 Å². The Kier molecular flexibility index (Phi) is 3.75. The van der Waals surface area contributed by atoms with Crippen molar-refractivity contribution in [2.45, 2.75) is 20.0 Å². The quantitative estimate of drug-likeness (QED) is 0.888. The first-order chi connectivity index (χ1) is 8.69. The summed E-state index contributed by atoms with van der Waals surface area (Å²) in [7, 11) is 1.94. The standard InChI is InChI=1S/C14H16N4/c1-11-6-14(18(2)17-11)10-16-9-13-5-3-4-12(7-13)8-15/h3-7,16H,9-10H2,1-2H3. The number of benzene rings is 1. The Balaban J connectivity index is 1.92. The number of nitrogens with one attached hydrogen (secondary N) is 1. The van der Waals surface area contributed by atoms with E-state index in [4.69, 9.17) is 5.26 Å². The van der Waals surface area contributed by atoms with Crippen LogP contribution in [0.5, 0.6) is 0 Å². The molecule has 4 nitrogen and oxygen atoms in total. The van der Waals surface area contributed by atoms with Gasteiger partial charge >= 0.3 is 0 Å². The monoisotopic (exact) mass is 240 g/mol. The highest BCUT2D eigenvalue weighted by Crippen LogP contribution is 2.05. The van der Waals surface area contributed by atoms with Crippen molar-refractivity contribution in [1.82, 2.24) is 15.1 Å². The average molecular weight is 240 g/mol. The second-order valence-corrected chi connectivity index (χ2v) is 4.32. The van der Waals surface area contributed by atoms with E-state index in [1.54, 1.807) is 0 Å². The van der Waals surface area contributed by atoms with Crippen LogP contribution < -0.4 is 5.32 Å². The minimum Gasteiger partial charge on any atom is -0.307 e. The van der Waals surface area contributed by atoms with Gasteiger partial charge in [0.1, 0.15) is 0 Å². The van der Waals surface area contributed by atoms with Gasteiger partial charge in [0.15, 0.2) is 0 Å². The predicted octanol–water partition coefficient (Wildman–Crippen LogP) is 1.89. The third-order valence-electron chi connectivity index (χ3n) is 2.79. The molecule has 0 aliphatic carbocycles. The summed E-state index contributed by atoms with van der Waals surface area (Å²) in [6, 6.07) is 11.9. The van der Waals surface area contributed by atoms with Crippen molar-refractivity contribution in [3.63, 3.8) is 0 Å². The molecule has 0 saturated heterocycles. The van der Waals surface area contributed by atoms with E-state index >= 15 is 0 Å². The molecule has 18 heavy (non-hydrogen) atoms. The van der Waals surface area contributed by atoms with Crippen molar-refractivity contribution < 1.29 is 0 Å². The maximum Gasteiger partial charge on any atom is 0.0991 e. The van der Waals surface area contributed by atoms with Gasteiger partial charge in [-0.15, -0.1) is 0 Å². The third kappa shape index (κ3) is 2.96. The van der Waals surface area contributed by atoms with E-state index in [-0.39, 0.29) is 0 Å². The van der Waals surface area contributed by atoms with Crippen molar-refractivity contribution in [3.8, 4) is 6.07 Å². The average Bonchev–Trinajstić information content (AvgIpc) is 2.68. The Labute approximate surface area is 107 Å². The van der Waals surface area contributed by atoms with Gasteiger partial charge in [0.25, 0.3) is 0 Å². The summed E-state index contributed by atoms with van der Waals surface area (Å²) in [5.74, 6) is 0. The number of hydrogen-bond acceptors (Lipinski definition) is 3. The summed E-state index contributed by atoms with van der Waals surface area (Å²) in [5, 5.41) is 16.5. The molecule has 0 radical (unpaired) electrons. The fourth-order valence-corrected chi connectivity index (χ4v) is 1.92. The molecule has 2 aromatic rings. The summed E-state index contributed by atoms with van der Waals surface area (Å²) in [6.07, 6.45) is 0. The first-order valence-corrected chi connectivity index (χ1v) is 5.88. The topological polar surface area (TPSA) is 53.6 Å². The van der Waals surface area contributed by atoms with Gasteiger partial charge in [-0.25, -0.2) is 0 Å². The van der Waals surface area contributed by atoms with E-state index in [9.17, 15) is 0 Å². The molecular weight excluding hydrogens is 224 g/mol. The minimum absolute atomic E-state index is 0.700. The van der Waals surface area contributed by atoms with E-state index < -0.39 is 0 Å². The molecule has 1 heterocycles. The lowest BCUT2D eigenvalue weighted by molar-refractivity contribution is 0.624. The zero-order valence-electron chi connectivity index (χ0n) is 10.6. The van der Waals surface area contributed by atoms with E-state index in [1.165, 1.54) is 0 Å². The highest BCUT2D eigenvalue weighted by molar-refractivity contribution is 5.32. The van der Waals surface area contributed by atoms with Crippen LogP contribution in [0.25, 0.3) is 0 Å². The number of nitriles is 1. The van der Waals surface area contributed by atoms with E-state index in [0.717, 1.165) is 30.0 Å². The molecule has 0 spiro atoms. The van der Waals surface area contributed by atoms with Crippen molar-refractivity contribution in [2.75, 3.05) is 0 Å². The van der Waals surface area contributed by atoms with Crippen LogP contribution in [0.3, 0.4) is 0 Å². The minimum atomic E-state index is 0.700. The summed E-state index contributed by atoms with van der Waals surface area (Å²) in [4.78, 5) is 0.